The van der Waals surface area contributed by atoms with Crippen molar-refractivity contribution >= 4 is 38.6 Å². The van der Waals surface area contributed by atoms with Gasteiger partial charge in [-0.1, -0.05) is 4.49 Å². The van der Waals surface area contributed by atoms with E-state index >= 15 is 0 Å². The summed E-state index contributed by atoms with van der Waals surface area (Å²) < 4.78 is 27.9. The topological polar surface area (TPSA) is 80.2 Å². The minimum absolute atomic E-state index is 0.0621. The number of hydrogen-bond donors (Lipinski definition) is 0. The first kappa shape index (κ1) is 17.1. The number of aromatic nitrogens is 2. The minimum Gasteiger partial charge on any atom is -0.337 e. The van der Waals surface area contributed by atoms with E-state index in [0.29, 0.717) is 18.8 Å². The van der Waals surface area contributed by atoms with Crippen molar-refractivity contribution < 1.29 is 13.2 Å². The second-order valence-electron chi connectivity index (χ2n) is 6.72. The molecule has 1 fully saturated rings. The molecule has 3 heterocycles. The standard InChI is InChI=1S/C16H19N3O3S3/c1-25(21,22)16-14(17-18-24-16)11-5-3-7-19(9-11)15(20)13-8-10-4-2-6-12(10)23-13/h8,11H,2-7,9H2,1H3/t11-/m1/s1. The summed E-state index contributed by atoms with van der Waals surface area (Å²) in [4.78, 5) is 16.9. The van der Waals surface area contributed by atoms with Crippen LogP contribution in [-0.2, 0) is 22.7 Å². The van der Waals surface area contributed by atoms with Gasteiger partial charge in [0.2, 0.25) is 0 Å². The van der Waals surface area contributed by atoms with Crippen molar-refractivity contribution in [2.45, 2.75) is 42.2 Å². The van der Waals surface area contributed by atoms with Gasteiger partial charge < -0.3 is 4.90 Å². The predicted octanol–water partition coefficient (Wildman–Crippen LogP) is 2.51. The monoisotopic (exact) mass is 397 g/mol. The SMILES string of the molecule is CS(=O)(=O)c1snnc1[C@@H]1CCCN(C(=O)c2cc3c(s2)CCC3)C1. The molecule has 0 radical (unpaired) electrons. The van der Waals surface area contributed by atoms with Crippen LogP contribution in [0.4, 0.5) is 0 Å². The molecule has 1 atom stereocenters. The maximum absolute atomic E-state index is 12.9. The van der Waals surface area contributed by atoms with Crippen LogP contribution in [0.2, 0.25) is 0 Å². The maximum atomic E-state index is 12.9. The molecule has 9 heteroatoms. The number of aryl methyl sites for hydroxylation is 2. The molecule has 134 valence electrons. The van der Waals surface area contributed by atoms with Gasteiger partial charge >= 0.3 is 0 Å². The number of hydrogen-bond acceptors (Lipinski definition) is 7. The quantitative estimate of drug-likeness (QED) is 0.795. The number of piperidine rings is 1. The number of carbonyl (C=O) groups is 1. The fourth-order valence-corrected chi connectivity index (χ4v) is 6.62. The van der Waals surface area contributed by atoms with E-state index in [1.165, 1.54) is 23.1 Å². The number of likely N-dealkylation sites (tertiary alicyclic amines) is 1. The number of amides is 1. The molecule has 0 saturated carbocycles. The lowest BCUT2D eigenvalue weighted by molar-refractivity contribution is 0.0710. The summed E-state index contributed by atoms with van der Waals surface area (Å²) in [7, 11) is -3.34. The van der Waals surface area contributed by atoms with Gasteiger partial charge in [-0.25, -0.2) is 8.42 Å². The van der Waals surface area contributed by atoms with E-state index in [1.807, 2.05) is 11.0 Å². The average molecular weight is 398 g/mol. The summed E-state index contributed by atoms with van der Waals surface area (Å²) >= 11 is 2.54. The zero-order valence-corrected chi connectivity index (χ0v) is 16.3. The van der Waals surface area contributed by atoms with Gasteiger partial charge in [-0.15, -0.1) is 16.4 Å². The summed E-state index contributed by atoms with van der Waals surface area (Å²) in [6, 6.07) is 2.05. The molecular formula is C16H19N3O3S3. The molecule has 1 aliphatic carbocycles. The summed E-state index contributed by atoms with van der Waals surface area (Å²) in [6.45, 7) is 1.22. The van der Waals surface area contributed by atoms with Crippen molar-refractivity contribution in [3.8, 4) is 0 Å². The van der Waals surface area contributed by atoms with E-state index in [0.717, 1.165) is 42.1 Å². The van der Waals surface area contributed by atoms with Gasteiger partial charge in [0.1, 0.15) is 0 Å². The highest BCUT2D eigenvalue weighted by Crippen LogP contribution is 2.34. The van der Waals surface area contributed by atoms with Crippen molar-refractivity contribution in [1.29, 1.82) is 0 Å². The number of thiophene rings is 1. The Balaban J connectivity index is 1.55. The Morgan fingerprint density at radius 1 is 1.32 bits per heavy atom. The van der Waals surface area contributed by atoms with Gasteiger partial charge in [-0.3, -0.25) is 4.79 Å². The second kappa shape index (κ2) is 6.44. The molecule has 0 spiro atoms. The Morgan fingerprint density at radius 2 is 2.16 bits per heavy atom. The Kier molecular flexibility index (Phi) is 4.41. The normalized spacial score (nSPS) is 20.7. The smallest absolute Gasteiger partial charge is 0.263 e. The Labute approximate surface area is 155 Å². The van der Waals surface area contributed by atoms with Crippen molar-refractivity contribution in [2.75, 3.05) is 19.3 Å². The molecule has 2 aliphatic rings. The lowest BCUT2D eigenvalue weighted by Crippen LogP contribution is -2.39. The average Bonchev–Trinajstić information content (AvgIpc) is 3.28. The molecule has 4 rings (SSSR count). The third kappa shape index (κ3) is 3.24. The van der Waals surface area contributed by atoms with Gasteiger partial charge in [0, 0.05) is 41.7 Å². The summed E-state index contributed by atoms with van der Waals surface area (Å²) in [6.07, 6.45) is 6.21. The van der Waals surface area contributed by atoms with Gasteiger partial charge in [-0.2, -0.15) is 0 Å². The van der Waals surface area contributed by atoms with Crippen LogP contribution in [-0.4, -0.2) is 48.2 Å². The summed E-state index contributed by atoms with van der Waals surface area (Å²) in [5.74, 6) is 0.00109. The zero-order valence-electron chi connectivity index (χ0n) is 13.9. The van der Waals surface area contributed by atoms with Gasteiger partial charge in [-0.05, 0) is 43.7 Å². The first-order valence-electron chi connectivity index (χ1n) is 8.36. The molecule has 6 nitrogen and oxygen atoms in total. The third-order valence-corrected chi connectivity index (χ3v) is 8.65. The van der Waals surface area contributed by atoms with E-state index in [4.69, 9.17) is 0 Å². The molecule has 2 aromatic rings. The molecule has 0 N–H and O–H groups in total. The molecule has 0 bridgehead atoms. The molecule has 1 amide bonds. The molecular weight excluding hydrogens is 378 g/mol. The van der Waals surface area contributed by atoms with Crippen LogP contribution in [0.15, 0.2) is 10.3 Å². The molecule has 1 aliphatic heterocycles. The van der Waals surface area contributed by atoms with Crippen molar-refractivity contribution in [1.82, 2.24) is 14.5 Å². The van der Waals surface area contributed by atoms with E-state index in [-0.39, 0.29) is 16.0 Å². The number of fused-ring (bicyclic) bond motifs is 1. The zero-order chi connectivity index (χ0) is 17.6. The highest BCUT2D eigenvalue weighted by Gasteiger charge is 2.32. The van der Waals surface area contributed by atoms with Crippen molar-refractivity contribution in [3.05, 3.63) is 27.1 Å². The molecule has 0 unspecified atom stereocenters. The molecule has 1 saturated heterocycles. The van der Waals surface area contributed by atoms with Gasteiger partial charge in [0.25, 0.3) is 5.91 Å². The maximum Gasteiger partial charge on any atom is 0.263 e. The Morgan fingerprint density at radius 3 is 2.92 bits per heavy atom. The first-order valence-corrected chi connectivity index (χ1v) is 11.8. The number of rotatable bonds is 3. The van der Waals surface area contributed by atoms with Crippen LogP contribution in [0.25, 0.3) is 0 Å². The fraction of sp³-hybridized carbons (Fsp3) is 0.562. The van der Waals surface area contributed by atoms with Crippen LogP contribution in [0.5, 0.6) is 0 Å². The van der Waals surface area contributed by atoms with Crippen LogP contribution in [0.3, 0.4) is 0 Å². The van der Waals surface area contributed by atoms with E-state index in [9.17, 15) is 13.2 Å². The van der Waals surface area contributed by atoms with Crippen molar-refractivity contribution in [2.24, 2.45) is 0 Å². The van der Waals surface area contributed by atoms with Crippen LogP contribution < -0.4 is 0 Å². The number of carbonyl (C=O) groups excluding carboxylic acids is 1. The van der Waals surface area contributed by atoms with E-state index in [2.05, 4.69) is 9.59 Å². The van der Waals surface area contributed by atoms with Crippen LogP contribution in [0, 0.1) is 0 Å². The van der Waals surface area contributed by atoms with E-state index in [1.54, 1.807) is 11.3 Å². The summed E-state index contributed by atoms with van der Waals surface area (Å²) in [5.41, 5.74) is 1.85. The fourth-order valence-electron chi connectivity index (χ4n) is 3.67. The summed E-state index contributed by atoms with van der Waals surface area (Å²) in [5, 5.41) is 4.07. The lowest BCUT2D eigenvalue weighted by atomic mass is 9.95. The highest BCUT2D eigenvalue weighted by molar-refractivity contribution is 7.92. The van der Waals surface area contributed by atoms with Gasteiger partial charge in [0.05, 0.1) is 10.6 Å². The number of nitrogens with zero attached hydrogens (tertiary/aromatic N) is 3. The predicted molar refractivity (Wildman–Crippen MR) is 97.2 cm³/mol. The number of sulfone groups is 1. The lowest BCUT2D eigenvalue weighted by Gasteiger charge is -2.31. The van der Waals surface area contributed by atoms with Gasteiger partial charge in [0.15, 0.2) is 14.0 Å². The Hall–Kier alpha value is -1.32. The molecule has 0 aromatic carbocycles. The van der Waals surface area contributed by atoms with Crippen LogP contribution >= 0.6 is 22.9 Å². The highest BCUT2D eigenvalue weighted by atomic mass is 32.2. The first-order chi connectivity index (χ1) is 11.9. The van der Waals surface area contributed by atoms with Crippen LogP contribution in [0.1, 0.15) is 51.0 Å². The minimum atomic E-state index is -3.34. The van der Waals surface area contributed by atoms with Crippen molar-refractivity contribution in [3.63, 3.8) is 0 Å². The molecule has 25 heavy (non-hydrogen) atoms. The molecule has 2 aromatic heterocycles. The van der Waals surface area contributed by atoms with E-state index < -0.39 is 9.84 Å². The third-order valence-electron chi connectivity index (χ3n) is 4.87. The largest absolute Gasteiger partial charge is 0.337 e. The Bertz CT molecular complexity index is 895. The second-order valence-corrected chi connectivity index (χ2v) is 10.8.